The summed E-state index contributed by atoms with van der Waals surface area (Å²) in [5.41, 5.74) is 5.81. The minimum Gasteiger partial charge on any atom is -0.478 e. The van der Waals surface area contributed by atoms with E-state index >= 15 is 0 Å². The molecule has 21 heavy (non-hydrogen) atoms. The minimum atomic E-state index is -1.09. The van der Waals surface area contributed by atoms with Crippen LogP contribution in [-0.2, 0) is 4.79 Å². The van der Waals surface area contributed by atoms with E-state index < -0.39 is 11.4 Å². The summed E-state index contributed by atoms with van der Waals surface area (Å²) in [4.78, 5) is 23.4. The van der Waals surface area contributed by atoms with Crippen LogP contribution in [0.2, 0.25) is 5.02 Å². The van der Waals surface area contributed by atoms with E-state index in [2.05, 4.69) is 5.32 Å². The molecule has 1 aliphatic carbocycles. The van der Waals surface area contributed by atoms with Crippen LogP contribution in [0.1, 0.15) is 42.5 Å². The third-order valence-corrected chi connectivity index (χ3v) is 4.45. The summed E-state index contributed by atoms with van der Waals surface area (Å²) in [6.07, 6.45) is 4.72. The predicted molar refractivity (Wildman–Crippen MR) is 81.6 cm³/mol. The van der Waals surface area contributed by atoms with Gasteiger partial charge in [0.25, 0.3) is 0 Å². The van der Waals surface area contributed by atoms with Crippen LogP contribution in [0.4, 0.5) is 5.69 Å². The smallest absolute Gasteiger partial charge is 0.337 e. The minimum absolute atomic E-state index is 0.0147. The molecule has 0 aromatic heterocycles. The van der Waals surface area contributed by atoms with Gasteiger partial charge in [-0.2, -0.15) is 0 Å². The summed E-state index contributed by atoms with van der Waals surface area (Å²) in [6.45, 7) is 0.319. The summed E-state index contributed by atoms with van der Waals surface area (Å²) in [6, 6.07) is 4.38. The summed E-state index contributed by atoms with van der Waals surface area (Å²) in [7, 11) is 0. The van der Waals surface area contributed by atoms with Crippen molar-refractivity contribution in [1.29, 1.82) is 0 Å². The molecule has 0 saturated heterocycles. The molecule has 0 heterocycles. The van der Waals surface area contributed by atoms with Crippen LogP contribution in [0, 0.1) is 5.41 Å². The van der Waals surface area contributed by atoms with Gasteiger partial charge in [-0.25, -0.2) is 4.79 Å². The molecule has 1 aliphatic rings. The average Bonchev–Trinajstić information content (AvgIpc) is 2.47. The SMILES string of the molecule is NCC1(C(=O)Nc2ccc(C(=O)O)c(Cl)c2)CCCCC1. The van der Waals surface area contributed by atoms with Crippen molar-refractivity contribution < 1.29 is 14.7 Å². The number of hydrogen-bond acceptors (Lipinski definition) is 3. The van der Waals surface area contributed by atoms with Gasteiger partial charge in [0.2, 0.25) is 5.91 Å². The number of halogens is 1. The van der Waals surface area contributed by atoms with Gasteiger partial charge in [-0.05, 0) is 31.0 Å². The molecule has 6 heteroatoms. The number of amides is 1. The molecule has 4 N–H and O–H groups in total. The molecule has 0 aliphatic heterocycles. The molecular weight excluding hydrogens is 292 g/mol. The van der Waals surface area contributed by atoms with E-state index in [0.717, 1.165) is 32.1 Å². The van der Waals surface area contributed by atoms with Gasteiger partial charge < -0.3 is 16.2 Å². The Labute approximate surface area is 128 Å². The summed E-state index contributed by atoms with van der Waals surface area (Å²) in [5.74, 6) is -1.20. The third kappa shape index (κ3) is 3.36. The molecule has 1 saturated carbocycles. The lowest BCUT2D eigenvalue weighted by atomic mass is 9.73. The maximum Gasteiger partial charge on any atom is 0.337 e. The zero-order chi connectivity index (χ0) is 15.5. The number of carboxylic acids is 1. The normalized spacial score (nSPS) is 17.2. The first-order valence-electron chi connectivity index (χ1n) is 7.03. The van der Waals surface area contributed by atoms with Crippen molar-refractivity contribution in [3.05, 3.63) is 28.8 Å². The van der Waals surface area contributed by atoms with Crippen molar-refractivity contribution in [2.45, 2.75) is 32.1 Å². The number of nitrogens with two attached hydrogens (primary N) is 1. The number of benzene rings is 1. The van der Waals surface area contributed by atoms with Crippen molar-refractivity contribution in [2.75, 3.05) is 11.9 Å². The predicted octanol–water partition coefficient (Wildman–Crippen LogP) is 2.89. The molecule has 0 radical (unpaired) electrons. The first-order chi connectivity index (χ1) is 9.98. The molecule has 1 amide bonds. The lowest BCUT2D eigenvalue weighted by Crippen LogP contribution is -2.43. The molecule has 0 bridgehead atoms. The van der Waals surface area contributed by atoms with Gasteiger partial charge in [0, 0.05) is 12.2 Å². The van der Waals surface area contributed by atoms with Crippen LogP contribution in [0.5, 0.6) is 0 Å². The van der Waals surface area contributed by atoms with Crippen LogP contribution >= 0.6 is 11.6 Å². The molecule has 114 valence electrons. The molecule has 5 nitrogen and oxygen atoms in total. The number of aromatic carboxylic acids is 1. The monoisotopic (exact) mass is 310 g/mol. The van der Waals surface area contributed by atoms with Gasteiger partial charge >= 0.3 is 5.97 Å². The van der Waals surface area contributed by atoms with Gasteiger partial charge in [0.05, 0.1) is 16.0 Å². The Morgan fingerprint density at radius 3 is 2.48 bits per heavy atom. The highest BCUT2D eigenvalue weighted by molar-refractivity contribution is 6.33. The van der Waals surface area contributed by atoms with E-state index in [1.807, 2.05) is 0 Å². The summed E-state index contributed by atoms with van der Waals surface area (Å²) in [5, 5.41) is 11.8. The topological polar surface area (TPSA) is 92.4 Å². The van der Waals surface area contributed by atoms with E-state index in [-0.39, 0.29) is 16.5 Å². The van der Waals surface area contributed by atoms with Crippen molar-refractivity contribution in [3.8, 4) is 0 Å². The second-order valence-electron chi connectivity index (χ2n) is 5.50. The van der Waals surface area contributed by atoms with E-state index in [0.29, 0.717) is 12.2 Å². The number of carbonyl (C=O) groups is 2. The van der Waals surface area contributed by atoms with E-state index in [9.17, 15) is 9.59 Å². The molecule has 2 rings (SSSR count). The largest absolute Gasteiger partial charge is 0.478 e. The standard InChI is InChI=1S/C15H19ClN2O3/c16-12-8-10(4-5-11(12)13(19)20)18-14(21)15(9-17)6-2-1-3-7-15/h4-5,8H,1-3,6-7,9,17H2,(H,18,21)(H,19,20). The first kappa shape index (κ1) is 15.8. The van der Waals surface area contributed by atoms with Gasteiger partial charge in [-0.3, -0.25) is 4.79 Å². The van der Waals surface area contributed by atoms with Crippen LogP contribution in [0.15, 0.2) is 18.2 Å². The highest BCUT2D eigenvalue weighted by atomic mass is 35.5. The second kappa shape index (κ2) is 6.45. The Kier molecular flexibility index (Phi) is 4.85. The molecule has 1 aromatic carbocycles. The van der Waals surface area contributed by atoms with Gasteiger partial charge in [-0.15, -0.1) is 0 Å². The number of hydrogen-bond donors (Lipinski definition) is 3. The third-order valence-electron chi connectivity index (χ3n) is 4.14. The van der Waals surface area contributed by atoms with Crippen molar-refractivity contribution in [1.82, 2.24) is 0 Å². The number of carbonyl (C=O) groups excluding carboxylic acids is 1. The van der Waals surface area contributed by atoms with Crippen LogP contribution < -0.4 is 11.1 Å². The highest BCUT2D eigenvalue weighted by Gasteiger charge is 2.38. The molecule has 0 unspecified atom stereocenters. The lowest BCUT2D eigenvalue weighted by Gasteiger charge is -2.34. The fraction of sp³-hybridized carbons (Fsp3) is 0.467. The van der Waals surface area contributed by atoms with E-state index in [1.165, 1.54) is 12.1 Å². The highest BCUT2D eigenvalue weighted by Crippen LogP contribution is 2.36. The maximum absolute atomic E-state index is 12.5. The number of rotatable bonds is 4. The van der Waals surface area contributed by atoms with Gasteiger partial charge in [-0.1, -0.05) is 30.9 Å². The fourth-order valence-electron chi connectivity index (χ4n) is 2.78. The quantitative estimate of drug-likeness (QED) is 0.797. The van der Waals surface area contributed by atoms with Crippen molar-refractivity contribution >= 4 is 29.2 Å². The van der Waals surface area contributed by atoms with Crippen molar-refractivity contribution in [3.63, 3.8) is 0 Å². The van der Waals surface area contributed by atoms with Crippen LogP contribution in [0.25, 0.3) is 0 Å². The van der Waals surface area contributed by atoms with Crippen molar-refractivity contribution in [2.24, 2.45) is 11.1 Å². The Bertz CT molecular complexity index is 554. The zero-order valence-electron chi connectivity index (χ0n) is 11.7. The Hall–Kier alpha value is -1.59. The van der Waals surface area contributed by atoms with Crippen LogP contribution in [0.3, 0.4) is 0 Å². The van der Waals surface area contributed by atoms with E-state index in [4.69, 9.17) is 22.4 Å². The van der Waals surface area contributed by atoms with E-state index in [1.54, 1.807) is 6.07 Å². The molecule has 0 atom stereocenters. The Balaban J connectivity index is 2.15. The number of nitrogens with one attached hydrogen (secondary N) is 1. The molecule has 1 aromatic rings. The van der Waals surface area contributed by atoms with Gasteiger partial charge in [0.1, 0.15) is 0 Å². The Morgan fingerprint density at radius 1 is 1.29 bits per heavy atom. The first-order valence-corrected chi connectivity index (χ1v) is 7.41. The number of anilines is 1. The molecule has 0 spiro atoms. The Morgan fingerprint density at radius 2 is 1.95 bits per heavy atom. The molecule has 1 fully saturated rings. The summed E-state index contributed by atoms with van der Waals surface area (Å²) >= 11 is 5.91. The van der Waals surface area contributed by atoms with Crippen LogP contribution in [-0.4, -0.2) is 23.5 Å². The summed E-state index contributed by atoms with van der Waals surface area (Å²) < 4.78 is 0. The second-order valence-corrected chi connectivity index (χ2v) is 5.91. The van der Waals surface area contributed by atoms with Gasteiger partial charge in [0.15, 0.2) is 0 Å². The number of carboxylic acid groups (broad SMARTS) is 1. The lowest BCUT2D eigenvalue weighted by molar-refractivity contribution is -0.126. The maximum atomic E-state index is 12.5. The fourth-order valence-corrected chi connectivity index (χ4v) is 3.04. The average molecular weight is 311 g/mol. The molecular formula is C15H19ClN2O3. The zero-order valence-corrected chi connectivity index (χ0v) is 12.4.